The second-order valence-electron chi connectivity index (χ2n) is 7.35. The molecule has 1 aromatic rings. The zero-order valence-electron chi connectivity index (χ0n) is 17.1. The van der Waals surface area contributed by atoms with Crippen LogP contribution in [-0.2, 0) is 16.6 Å². The lowest BCUT2D eigenvalue weighted by Gasteiger charge is -2.35. The van der Waals surface area contributed by atoms with Gasteiger partial charge in [0.2, 0.25) is 11.8 Å². The highest BCUT2D eigenvalue weighted by Gasteiger charge is 2.29. The number of aromatic nitrogens is 2. The molecular weight excluding hydrogens is 358 g/mol. The van der Waals surface area contributed by atoms with Gasteiger partial charge in [0.1, 0.15) is 6.54 Å². The van der Waals surface area contributed by atoms with Crippen LogP contribution in [0.15, 0.2) is 17.4 Å². The summed E-state index contributed by atoms with van der Waals surface area (Å²) in [5.74, 6) is 1.05. The summed E-state index contributed by atoms with van der Waals surface area (Å²) in [4.78, 5) is 34.7. The van der Waals surface area contributed by atoms with Crippen LogP contribution >= 0.6 is 0 Å². The van der Waals surface area contributed by atoms with Gasteiger partial charge in [0.25, 0.3) is 0 Å². The molecule has 9 nitrogen and oxygen atoms in total. The molecule has 0 saturated carbocycles. The fourth-order valence-corrected chi connectivity index (χ4v) is 3.99. The summed E-state index contributed by atoms with van der Waals surface area (Å²) in [5.41, 5.74) is 0.830. The summed E-state index contributed by atoms with van der Waals surface area (Å²) in [6.45, 7) is 5.33. The number of carbonyl (C=O) groups is 2. The molecule has 3 heterocycles. The number of likely N-dealkylation sites (tertiary alicyclic amines) is 1. The van der Waals surface area contributed by atoms with Crippen molar-refractivity contribution in [3.05, 3.63) is 12.4 Å². The second-order valence-corrected chi connectivity index (χ2v) is 7.35. The third kappa shape index (κ3) is 4.45. The van der Waals surface area contributed by atoms with E-state index in [1.807, 2.05) is 23.0 Å². The lowest BCUT2D eigenvalue weighted by molar-refractivity contribution is -0.129. The Kier molecular flexibility index (Phi) is 6.53. The first kappa shape index (κ1) is 20.2. The molecule has 2 saturated heterocycles. The van der Waals surface area contributed by atoms with Crippen molar-refractivity contribution in [2.75, 3.05) is 44.7 Å². The van der Waals surface area contributed by atoms with Gasteiger partial charge in [0.05, 0.1) is 11.9 Å². The summed E-state index contributed by atoms with van der Waals surface area (Å²) in [6.07, 6.45) is 7.04. The van der Waals surface area contributed by atoms with Crippen LogP contribution in [-0.4, -0.2) is 83.2 Å². The lowest BCUT2D eigenvalue weighted by Crippen LogP contribution is -2.55. The molecule has 1 aromatic heterocycles. The fourth-order valence-electron chi connectivity index (χ4n) is 3.99. The Bertz CT molecular complexity index is 730. The molecule has 3 rings (SSSR count). The van der Waals surface area contributed by atoms with Crippen molar-refractivity contribution in [2.45, 2.75) is 38.6 Å². The van der Waals surface area contributed by atoms with Crippen LogP contribution in [0.3, 0.4) is 0 Å². The summed E-state index contributed by atoms with van der Waals surface area (Å²) < 4.78 is 1.70. The van der Waals surface area contributed by atoms with E-state index in [9.17, 15) is 9.59 Å². The maximum absolute atomic E-state index is 12.6. The average molecular weight is 390 g/mol. The van der Waals surface area contributed by atoms with E-state index >= 15 is 0 Å². The van der Waals surface area contributed by atoms with Crippen LogP contribution in [0.4, 0.5) is 5.69 Å². The quantitative estimate of drug-likeness (QED) is 0.563. The molecule has 1 unspecified atom stereocenters. The zero-order chi connectivity index (χ0) is 20.1. The van der Waals surface area contributed by atoms with Gasteiger partial charge in [-0.3, -0.25) is 19.3 Å². The largest absolute Gasteiger partial charge is 0.356 e. The molecule has 0 radical (unpaired) electrons. The number of hydrogen-bond acceptors (Lipinski definition) is 4. The summed E-state index contributed by atoms with van der Waals surface area (Å²) in [7, 11) is 3.58. The van der Waals surface area contributed by atoms with Gasteiger partial charge >= 0.3 is 0 Å². The molecule has 2 amide bonds. The molecule has 9 heteroatoms. The number of guanidine groups is 1. The molecule has 2 aliphatic heterocycles. The summed E-state index contributed by atoms with van der Waals surface area (Å²) in [5, 5.41) is 7.52. The molecule has 28 heavy (non-hydrogen) atoms. The maximum Gasteiger partial charge on any atom is 0.246 e. The Morgan fingerprint density at radius 3 is 2.68 bits per heavy atom. The Morgan fingerprint density at radius 1 is 1.29 bits per heavy atom. The van der Waals surface area contributed by atoms with Gasteiger partial charge in [0.15, 0.2) is 5.96 Å². The highest BCUT2D eigenvalue weighted by molar-refractivity contribution is 5.98. The number of nitrogens with zero attached hydrogens (tertiary/aromatic N) is 6. The number of amides is 2. The van der Waals surface area contributed by atoms with Gasteiger partial charge in [-0.1, -0.05) is 6.92 Å². The van der Waals surface area contributed by atoms with Crippen LogP contribution in [0.25, 0.3) is 0 Å². The predicted molar refractivity (Wildman–Crippen MR) is 108 cm³/mol. The second kappa shape index (κ2) is 9.07. The number of anilines is 1. The minimum Gasteiger partial charge on any atom is -0.356 e. The van der Waals surface area contributed by atoms with Gasteiger partial charge in [-0.2, -0.15) is 5.10 Å². The molecule has 0 bridgehead atoms. The molecule has 2 fully saturated rings. The Labute approximate surface area is 166 Å². The number of rotatable bonds is 6. The average Bonchev–Trinajstić information content (AvgIpc) is 3.30. The van der Waals surface area contributed by atoms with E-state index in [-0.39, 0.29) is 24.4 Å². The minimum absolute atomic E-state index is 0.0382. The first-order valence-electron chi connectivity index (χ1n) is 10.1. The van der Waals surface area contributed by atoms with E-state index in [0.717, 1.165) is 44.0 Å². The van der Waals surface area contributed by atoms with Crippen molar-refractivity contribution in [3.63, 3.8) is 0 Å². The van der Waals surface area contributed by atoms with E-state index in [1.54, 1.807) is 22.8 Å². The molecule has 0 aliphatic carbocycles. The van der Waals surface area contributed by atoms with E-state index in [1.165, 1.54) is 0 Å². The van der Waals surface area contributed by atoms with Crippen molar-refractivity contribution in [2.24, 2.45) is 12.0 Å². The van der Waals surface area contributed by atoms with Crippen LogP contribution in [0.2, 0.25) is 0 Å². The van der Waals surface area contributed by atoms with Crippen LogP contribution in [0.5, 0.6) is 0 Å². The SMILES string of the molecule is CCC(CCNC(=NC)N1CCN(c2cnn(C)c2)C(=O)C1)N1CCCC1=O. The van der Waals surface area contributed by atoms with Gasteiger partial charge in [-0.25, -0.2) is 0 Å². The molecule has 154 valence electrons. The number of piperazine rings is 1. The van der Waals surface area contributed by atoms with Crippen LogP contribution in [0, 0.1) is 0 Å². The number of hydrogen-bond donors (Lipinski definition) is 1. The maximum atomic E-state index is 12.6. The molecule has 2 aliphatic rings. The van der Waals surface area contributed by atoms with Crippen molar-refractivity contribution < 1.29 is 9.59 Å². The monoisotopic (exact) mass is 389 g/mol. The van der Waals surface area contributed by atoms with Gasteiger partial charge < -0.3 is 20.0 Å². The highest BCUT2D eigenvalue weighted by atomic mass is 16.2. The van der Waals surface area contributed by atoms with E-state index < -0.39 is 0 Å². The first-order valence-corrected chi connectivity index (χ1v) is 10.1. The standard InChI is InChI=1S/C19H31N7O2/c1-4-15(25-9-5-6-17(25)27)7-8-21-19(20-2)24-10-11-26(18(28)14-24)16-12-22-23(3)13-16/h12-13,15H,4-11,14H2,1-3H3,(H,20,21). The van der Waals surface area contributed by atoms with Gasteiger partial charge in [-0.15, -0.1) is 0 Å². The first-order chi connectivity index (χ1) is 13.5. The molecule has 0 aromatic carbocycles. The fraction of sp³-hybridized carbons (Fsp3) is 0.684. The van der Waals surface area contributed by atoms with Gasteiger partial charge in [-0.05, 0) is 19.3 Å². The summed E-state index contributed by atoms with van der Waals surface area (Å²) in [6, 6.07) is 0.268. The number of aryl methyl sites for hydroxylation is 1. The topological polar surface area (TPSA) is 86.1 Å². The van der Waals surface area contributed by atoms with Crippen molar-refractivity contribution in [1.29, 1.82) is 0 Å². The molecule has 1 atom stereocenters. The third-order valence-corrected chi connectivity index (χ3v) is 5.52. The highest BCUT2D eigenvalue weighted by Crippen LogP contribution is 2.18. The Balaban J connectivity index is 1.50. The van der Waals surface area contributed by atoms with Gasteiger partial charge in [0, 0.05) is 58.9 Å². The van der Waals surface area contributed by atoms with Crippen LogP contribution < -0.4 is 10.2 Å². The lowest BCUT2D eigenvalue weighted by atomic mass is 10.1. The van der Waals surface area contributed by atoms with E-state index in [0.29, 0.717) is 19.5 Å². The Morgan fingerprint density at radius 2 is 2.11 bits per heavy atom. The predicted octanol–water partition coefficient (Wildman–Crippen LogP) is 0.435. The third-order valence-electron chi connectivity index (χ3n) is 5.52. The Hall–Kier alpha value is -2.58. The van der Waals surface area contributed by atoms with Crippen molar-refractivity contribution in [3.8, 4) is 0 Å². The smallest absolute Gasteiger partial charge is 0.246 e. The number of carbonyl (C=O) groups excluding carboxylic acids is 2. The molecule has 1 N–H and O–H groups in total. The van der Waals surface area contributed by atoms with Crippen LogP contribution in [0.1, 0.15) is 32.6 Å². The molecular formula is C19H31N7O2. The van der Waals surface area contributed by atoms with Crippen molar-refractivity contribution in [1.82, 2.24) is 24.9 Å². The minimum atomic E-state index is 0.0382. The normalized spacial score (nSPS) is 19.5. The zero-order valence-corrected chi connectivity index (χ0v) is 17.1. The summed E-state index contributed by atoms with van der Waals surface area (Å²) >= 11 is 0. The van der Waals surface area contributed by atoms with Crippen molar-refractivity contribution >= 4 is 23.5 Å². The number of aliphatic imine (C=N–C) groups is 1. The molecule has 0 spiro atoms. The van der Waals surface area contributed by atoms with E-state index in [2.05, 4.69) is 22.3 Å². The van der Waals surface area contributed by atoms with E-state index in [4.69, 9.17) is 0 Å². The number of nitrogens with one attached hydrogen (secondary N) is 1.